The molecular formula is C11H28O9P2SSi. The van der Waals surface area contributed by atoms with Gasteiger partial charge in [-0.15, -0.1) is 0 Å². The first-order valence-electron chi connectivity index (χ1n) is 7.20. The molecule has 0 heterocycles. The van der Waals surface area contributed by atoms with E-state index in [0.29, 0.717) is 6.66 Å². The molecule has 2 unspecified atom stereocenters. The van der Waals surface area contributed by atoms with E-state index < -0.39 is 45.9 Å². The van der Waals surface area contributed by atoms with Gasteiger partial charge in [-0.25, -0.2) is 17.3 Å². The Labute approximate surface area is 144 Å². The van der Waals surface area contributed by atoms with Crippen LogP contribution >= 0.6 is 15.4 Å². The minimum atomic E-state index is -4.78. The molecule has 0 saturated carbocycles. The number of sulfone groups is 1. The normalized spacial score (nSPS) is 18.8. The van der Waals surface area contributed by atoms with E-state index in [-0.39, 0.29) is 17.4 Å². The van der Waals surface area contributed by atoms with Crippen molar-refractivity contribution >= 4 is 33.6 Å². The third-order valence-corrected chi connectivity index (χ3v) is 12.2. The minimum Gasteiger partial charge on any atom is -0.416 e. The average molecular weight is 426 g/mol. The number of rotatable bonds is 10. The zero-order valence-electron chi connectivity index (χ0n) is 14.9. The van der Waals surface area contributed by atoms with Gasteiger partial charge in [-0.3, -0.25) is 9.09 Å². The first kappa shape index (κ1) is 24.4. The third kappa shape index (κ3) is 10.4. The van der Waals surface area contributed by atoms with Gasteiger partial charge in [-0.05, 0) is 18.1 Å². The third-order valence-electron chi connectivity index (χ3n) is 3.57. The van der Waals surface area contributed by atoms with E-state index in [0.717, 1.165) is 0 Å². The van der Waals surface area contributed by atoms with Crippen LogP contribution in [0, 0.1) is 0 Å². The highest BCUT2D eigenvalue weighted by molar-refractivity contribution is 7.91. The van der Waals surface area contributed by atoms with Crippen molar-refractivity contribution in [3.8, 4) is 0 Å². The predicted octanol–water partition coefficient (Wildman–Crippen LogP) is 2.37. The molecule has 0 fully saturated rings. The molecule has 0 saturated heterocycles. The summed E-state index contributed by atoms with van der Waals surface area (Å²) in [5.74, 6) is -0.771. The van der Waals surface area contributed by atoms with Crippen molar-refractivity contribution in [1.29, 1.82) is 0 Å². The minimum absolute atomic E-state index is 0.0346. The fraction of sp³-hybridized carbons (Fsp3) is 1.00. The van der Waals surface area contributed by atoms with Crippen molar-refractivity contribution < 1.29 is 40.6 Å². The Bertz CT molecular complexity index is 605. The molecule has 0 aliphatic rings. The molecule has 0 aromatic rings. The fourth-order valence-corrected chi connectivity index (χ4v) is 5.47. The highest BCUT2D eigenvalue weighted by Gasteiger charge is 2.37. The van der Waals surface area contributed by atoms with Crippen LogP contribution in [0.25, 0.3) is 0 Å². The molecular weight excluding hydrogens is 398 g/mol. The second kappa shape index (κ2) is 8.41. The monoisotopic (exact) mass is 426 g/mol. The van der Waals surface area contributed by atoms with E-state index in [9.17, 15) is 22.4 Å². The van der Waals surface area contributed by atoms with E-state index in [1.165, 1.54) is 0 Å². The van der Waals surface area contributed by atoms with Gasteiger partial charge in [0.25, 0.3) is 0 Å². The van der Waals surface area contributed by atoms with Crippen molar-refractivity contribution in [2.45, 2.75) is 38.9 Å². The smallest absolute Gasteiger partial charge is 0.416 e. The second-order valence-corrected chi connectivity index (χ2v) is 17.5. The molecule has 9 nitrogen and oxygen atoms in total. The van der Waals surface area contributed by atoms with E-state index in [1.54, 1.807) is 0 Å². The molecule has 0 radical (unpaired) electrons. The van der Waals surface area contributed by atoms with Crippen LogP contribution in [0.5, 0.6) is 0 Å². The maximum absolute atomic E-state index is 11.9. The van der Waals surface area contributed by atoms with Gasteiger partial charge in [0.1, 0.15) is 0 Å². The molecule has 2 atom stereocenters. The maximum atomic E-state index is 11.9. The molecule has 0 spiro atoms. The summed E-state index contributed by atoms with van der Waals surface area (Å²) >= 11 is 0. The van der Waals surface area contributed by atoms with Gasteiger partial charge in [0, 0.05) is 13.3 Å². The first-order chi connectivity index (χ1) is 10.4. The summed E-state index contributed by atoms with van der Waals surface area (Å²) in [5, 5.41) is -0.0425. The lowest BCUT2D eigenvalue weighted by molar-refractivity contribution is 0.206. The number of phosphoric ester groups is 1. The van der Waals surface area contributed by atoms with Crippen LogP contribution in [-0.4, -0.2) is 57.9 Å². The van der Waals surface area contributed by atoms with Gasteiger partial charge < -0.3 is 14.2 Å². The van der Waals surface area contributed by atoms with Gasteiger partial charge >= 0.3 is 15.4 Å². The Morgan fingerprint density at radius 2 is 1.50 bits per heavy atom. The molecule has 24 heavy (non-hydrogen) atoms. The zero-order chi connectivity index (χ0) is 19.4. The summed E-state index contributed by atoms with van der Waals surface area (Å²) in [6.45, 7) is 10.2. The predicted molar refractivity (Wildman–Crippen MR) is 94.4 cm³/mol. The van der Waals surface area contributed by atoms with Gasteiger partial charge in [-0.2, -0.15) is 0 Å². The van der Waals surface area contributed by atoms with Gasteiger partial charge in [0.15, 0.2) is 18.2 Å². The lowest BCUT2D eigenvalue weighted by atomic mass is 10.2. The Morgan fingerprint density at radius 1 is 1.04 bits per heavy atom. The highest BCUT2D eigenvalue weighted by atomic mass is 32.2. The molecule has 0 aromatic carbocycles. The zero-order valence-corrected chi connectivity index (χ0v) is 18.5. The van der Waals surface area contributed by atoms with Crippen molar-refractivity contribution in [2.75, 3.05) is 31.4 Å². The standard InChI is InChI=1S/C11H28O9P2SSi/c1-11(2,3)24(5,6)19-8-10-23(16,17)9-7-18-22(14,15)20-21(4,12)13/h7-10H2,1-6H3,(H,12,13)(H,14,15). The lowest BCUT2D eigenvalue weighted by Gasteiger charge is -2.36. The second-order valence-electron chi connectivity index (χ2n) is 6.95. The molecule has 0 bridgehead atoms. The summed E-state index contributed by atoms with van der Waals surface area (Å²) in [6, 6.07) is 0. The highest BCUT2D eigenvalue weighted by Crippen LogP contribution is 2.57. The molecule has 146 valence electrons. The van der Waals surface area contributed by atoms with Gasteiger partial charge in [0.05, 0.1) is 18.1 Å². The molecule has 2 N–H and O–H groups in total. The molecule has 0 rings (SSSR count). The molecule has 0 aliphatic carbocycles. The van der Waals surface area contributed by atoms with E-state index >= 15 is 0 Å². The van der Waals surface area contributed by atoms with E-state index in [2.05, 4.69) is 8.83 Å². The quantitative estimate of drug-likeness (QED) is 0.398. The summed E-state index contributed by atoms with van der Waals surface area (Å²) in [7, 11) is -14.6. The Kier molecular flexibility index (Phi) is 8.56. The van der Waals surface area contributed by atoms with Crippen molar-refractivity contribution in [2.24, 2.45) is 0 Å². The SMILES string of the molecule is CC(C)(C)[Si](C)(C)OCCS(=O)(=O)CCOP(=O)(O)OP(C)(=O)O. The van der Waals surface area contributed by atoms with Crippen LogP contribution in [0.3, 0.4) is 0 Å². The number of hydrogen-bond acceptors (Lipinski definition) is 7. The first-order valence-corrected chi connectivity index (χ1v) is 15.5. The van der Waals surface area contributed by atoms with Crippen molar-refractivity contribution in [3.05, 3.63) is 0 Å². The summed E-state index contributed by atoms with van der Waals surface area (Å²) in [6.07, 6.45) is 0. The van der Waals surface area contributed by atoms with Crippen LogP contribution in [0.4, 0.5) is 0 Å². The average Bonchev–Trinajstić information content (AvgIpc) is 2.21. The van der Waals surface area contributed by atoms with E-state index in [1.807, 2.05) is 33.9 Å². The van der Waals surface area contributed by atoms with Gasteiger partial charge in [0.2, 0.25) is 0 Å². The molecule has 0 aliphatic heterocycles. The molecule has 13 heteroatoms. The molecule has 0 amide bonds. The number of hydrogen-bond donors (Lipinski definition) is 2. The van der Waals surface area contributed by atoms with Crippen LogP contribution < -0.4 is 0 Å². The summed E-state index contributed by atoms with van der Waals surface area (Å²) in [5.41, 5.74) is 0. The maximum Gasteiger partial charge on any atom is 0.479 e. The van der Waals surface area contributed by atoms with E-state index in [4.69, 9.17) is 9.32 Å². The van der Waals surface area contributed by atoms with Crippen LogP contribution in [0.1, 0.15) is 20.8 Å². The van der Waals surface area contributed by atoms with Gasteiger partial charge in [-0.1, -0.05) is 20.8 Å². The largest absolute Gasteiger partial charge is 0.479 e. The Morgan fingerprint density at radius 3 is 1.92 bits per heavy atom. The molecule has 0 aromatic heterocycles. The summed E-state index contributed by atoms with van der Waals surface area (Å²) < 4.78 is 60.1. The van der Waals surface area contributed by atoms with Crippen molar-refractivity contribution in [3.63, 3.8) is 0 Å². The lowest BCUT2D eigenvalue weighted by Crippen LogP contribution is -2.42. The van der Waals surface area contributed by atoms with Crippen LogP contribution in [0.15, 0.2) is 0 Å². The summed E-state index contributed by atoms with van der Waals surface area (Å²) in [4.78, 5) is 18.0. The van der Waals surface area contributed by atoms with Crippen LogP contribution in [-0.2, 0) is 32.2 Å². The number of phosphoric acid groups is 1. The van der Waals surface area contributed by atoms with Crippen LogP contribution in [0.2, 0.25) is 18.1 Å². The Hall–Kier alpha value is 0.427. The van der Waals surface area contributed by atoms with Crippen molar-refractivity contribution in [1.82, 2.24) is 0 Å². The fourth-order valence-electron chi connectivity index (χ4n) is 1.24. The Balaban J connectivity index is 4.39. The topological polar surface area (TPSA) is 136 Å².